The molecule has 0 unspecified atom stereocenters. The highest BCUT2D eigenvalue weighted by Gasteiger charge is 2.23. The molecule has 116 valence electrons. The van der Waals surface area contributed by atoms with Crippen LogP contribution in [0.15, 0.2) is 18.2 Å². The molecule has 1 atom stereocenters. The van der Waals surface area contributed by atoms with Gasteiger partial charge in [0, 0.05) is 43.9 Å². The molecule has 1 aliphatic heterocycles. The second kappa shape index (κ2) is 9.40. The lowest BCUT2D eigenvalue weighted by atomic mass is 10.0. The van der Waals surface area contributed by atoms with E-state index >= 15 is 0 Å². The first-order valence-electron chi connectivity index (χ1n) is 6.54. The van der Waals surface area contributed by atoms with Gasteiger partial charge in [0.15, 0.2) is 0 Å². The first-order chi connectivity index (χ1) is 8.76. The van der Waals surface area contributed by atoms with Crippen LogP contribution < -0.4 is 10.1 Å². The maximum Gasteiger partial charge on any atom is 0.126 e. The van der Waals surface area contributed by atoms with Crippen molar-refractivity contribution < 1.29 is 9.13 Å². The molecule has 1 fully saturated rings. The zero-order valence-electron chi connectivity index (χ0n) is 11.9. The molecule has 1 aromatic carbocycles. The van der Waals surface area contributed by atoms with Crippen LogP contribution in [0.3, 0.4) is 0 Å². The fourth-order valence-corrected chi connectivity index (χ4v) is 2.63. The van der Waals surface area contributed by atoms with Gasteiger partial charge in [0.1, 0.15) is 11.6 Å². The monoisotopic (exact) mass is 324 g/mol. The van der Waals surface area contributed by atoms with E-state index in [1.54, 1.807) is 7.11 Å². The topological polar surface area (TPSA) is 24.5 Å². The Kier molecular flexibility index (Phi) is 9.14. The van der Waals surface area contributed by atoms with Crippen LogP contribution in [0.25, 0.3) is 0 Å². The van der Waals surface area contributed by atoms with E-state index in [-0.39, 0.29) is 30.6 Å². The van der Waals surface area contributed by atoms with Crippen molar-refractivity contribution >= 4 is 24.8 Å². The zero-order valence-corrected chi connectivity index (χ0v) is 13.5. The predicted molar refractivity (Wildman–Crippen MR) is 84.9 cm³/mol. The number of ether oxygens (including phenoxy) is 1. The second-order valence-corrected chi connectivity index (χ2v) is 4.60. The highest BCUT2D eigenvalue weighted by atomic mass is 35.5. The van der Waals surface area contributed by atoms with E-state index in [0.29, 0.717) is 11.8 Å². The number of piperazine rings is 1. The van der Waals surface area contributed by atoms with Gasteiger partial charge in [0.05, 0.1) is 7.11 Å². The van der Waals surface area contributed by atoms with E-state index in [2.05, 4.69) is 17.1 Å². The molecule has 3 nitrogen and oxygen atoms in total. The number of rotatable bonds is 4. The summed E-state index contributed by atoms with van der Waals surface area (Å²) >= 11 is 0. The molecule has 0 amide bonds. The summed E-state index contributed by atoms with van der Waals surface area (Å²) in [5, 5.41) is 3.35. The predicted octanol–water partition coefficient (Wildman–Crippen LogP) is 3.03. The van der Waals surface area contributed by atoms with Crippen LogP contribution in [0.5, 0.6) is 5.75 Å². The minimum atomic E-state index is -0.245. The highest BCUT2D eigenvalue weighted by molar-refractivity contribution is 5.85. The highest BCUT2D eigenvalue weighted by Crippen LogP contribution is 2.32. The Labute approximate surface area is 132 Å². The van der Waals surface area contributed by atoms with E-state index in [9.17, 15) is 4.39 Å². The third-order valence-corrected chi connectivity index (χ3v) is 3.53. The van der Waals surface area contributed by atoms with Crippen molar-refractivity contribution in [2.45, 2.75) is 19.4 Å². The zero-order chi connectivity index (χ0) is 13.0. The Hall–Kier alpha value is -0.550. The number of hydrogen-bond donors (Lipinski definition) is 1. The first kappa shape index (κ1) is 19.4. The lowest BCUT2D eigenvalue weighted by Crippen LogP contribution is -2.45. The normalized spacial score (nSPS) is 16.8. The maximum absolute atomic E-state index is 13.2. The van der Waals surface area contributed by atoms with Crippen molar-refractivity contribution in [3.63, 3.8) is 0 Å². The summed E-state index contributed by atoms with van der Waals surface area (Å²) in [5.74, 6) is 0.408. The summed E-state index contributed by atoms with van der Waals surface area (Å²) in [4.78, 5) is 2.44. The summed E-state index contributed by atoms with van der Waals surface area (Å²) in [6.45, 7) is 6.24. The Balaban J connectivity index is 0.00000180. The van der Waals surface area contributed by atoms with E-state index < -0.39 is 0 Å². The molecule has 1 aromatic rings. The van der Waals surface area contributed by atoms with Gasteiger partial charge in [-0.3, -0.25) is 4.90 Å². The average Bonchev–Trinajstić information content (AvgIpc) is 2.42. The Morgan fingerprint density at radius 2 is 1.95 bits per heavy atom. The van der Waals surface area contributed by atoms with Crippen LogP contribution >= 0.6 is 24.8 Å². The van der Waals surface area contributed by atoms with Crippen molar-refractivity contribution in [3.8, 4) is 5.75 Å². The van der Waals surface area contributed by atoms with Crippen LogP contribution in [0.4, 0.5) is 4.39 Å². The molecule has 0 aliphatic carbocycles. The van der Waals surface area contributed by atoms with Crippen molar-refractivity contribution in [3.05, 3.63) is 29.6 Å². The van der Waals surface area contributed by atoms with E-state index in [1.165, 1.54) is 12.1 Å². The third kappa shape index (κ3) is 4.48. The Morgan fingerprint density at radius 1 is 1.30 bits per heavy atom. The molecule has 1 N–H and O–H groups in total. The van der Waals surface area contributed by atoms with Gasteiger partial charge in [-0.25, -0.2) is 4.39 Å². The molecule has 20 heavy (non-hydrogen) atoms. The van der Waals surface area contributed by atoms with Crippen molar-refractivity contribution in [2.24, 2.45) is 0 Å². The molecular formula is C14H23Cl2FN2O. The molecule has 0 radical (unpaired) electrons. The van der Waals surface area contributed by atoms with Crippen LogP contribution in [0.2, 0.25) is 0 Å². The van der Waals surface area contributed by atoms with Gasteiger partial charge in [0.25, 0.3) is 0 Å². The van der Waals surface area contributed by atoms with Crippen LogP contribution in [0.1, 0.15) is 24.9 Å². The van der Waals surface area contributed by atoms with Crippen molar-refractivity contribution in [2.75, 3.05) is 33.3 Å². The summed E-state index contributed by atoms with van der Waals surface area (Å²) in [6.07, 6.45) is 1.00. The van der Waals surface area contributed by atoms with E-state index in [1.807, 2.05) is 6.07 Å². The third-order valence-electron chi connectivity index (χ3n) is 3.53. The summed E-state index contributed by atoms with van der Waals surface area (Å²) in [6, 6.07) is 5.15. The molecule has 1 heterocycles. The number of methoxy groups -OCH3 is 1. The number of halogens is 3. The molecule has 0 spiro atoms. The summed E-state index contributed by atoms with van der Waals surface area (Å²) < 4.78 is 18.6. The van der Waals surface area contributed by atoms with Gasteiger partial charge < -0.3 is 10.1 Å². The lowest BCUT2D eigenvalue weighted by Gasteiger charge is -2.35. The summed E-state index contributed by atoms with van der Waals surface area (Å²) in [7, 11) is 1.60. The standard InChI is InChI=1S/C14H21FN2O.2ClH/c1-3-13(17-8-6-16-7-9-17)12-5-4-11(15)10-14(12)18-2;;/h4-5,10,13,16H,3,6-9H2,1-2H3;2*1H/t13-;;/m0../s1. The number of nitrogens with one attached hydrogen (secondary N) is 1. The van der Waals surface area contributed by atoms with Gasteiger partial charge >= 0.3 is 0 Å². The minimum Gasteiger partial charge on any atom is -0.496 e. The maximum atomic E-state index is 13.2. The summed E-state index contributed by atoms with van der Waals surface area (Å²) in [5.41, 5.74) is 1.09. The lowest BCUT2D eigenvalue weighted by molar-refractivity contribution is 0.166. The molecule has 0 saturated carbocycles. The van der Waals surface area contributed by atoms with Crippen molar-refractivity contribution in [1.82, 2.24) is 10.2 Å². The molecule has 0 bridgehead atoms. The van der Waals surface area contributed by atoms with E-state index in [0.717, 1.165) is 38.2 Å². The van der Waals surface area contributed by atoms with Gasteiger partial charge in [0.2, 0.25) is 0 Å². The average molecular weight is 325 g/mol. The quantitative estimate of drug-likeness (QED) is 0.921. The van der Waals surface area contributed by atoms with Gasteiger partial charge in [-0.05, 0) is 12.5 Å². The fourth-order valence-electron chi connectivity index (χ4n) is 2.63. The number of nitrogens with zero attached hydrogens (tertiary/aromatic N) is 1. The molecule has 0 aromatic heterocycles. The van der Waals surface area contributed by atoms with Gasteiger partial charge in [-0.1, -0.05) is 13.0 Å². The van der Waals surface area contributed by atoms with Crippen LogP contribution in [0, 0.1) is 5.82 Å². The fraction of sp³-hybridized carbons (Fsp3) is 0.571. The second-order valence-electron chi connectivity index (χ2n) is 4.60. The van der Waals surface area contributed by atoms with Gasteiger partial charge in [-0.15, -0.1) is 24.8 Å². The van der Waals surface area contributed by atoms with Crippen LogP contribution in [-0.4, -0.2) is 38.2 Å². The number of hydrogen-bond acceptors (Lipinski definition) is 3. The smallest absolute Gasteiger partial charge is 0.126 e. The molecule has 6 heteroatoms. The SMILES string of the molecule is CC[C@@H](c1ccc(F)cc1OC)N1CCNCC1.Cl.Cl. The molecular weight excluding hydrogens is 302 g/mol. The van der Waals surface area contributed by atoms with Crippen LogP contribution in [-0.2, 0) is 0 Å². The van der Waals surface area contributed by atoms with Gasteiger partial charge in [-0.2, -0.15) is 0 Å². The Bertz CT molecular complexity index is 401. The minimum absolute atomic E-state index is 0. The number of benzene rings is 1. The molecule has 1 saturated heterocycles. The molecule has 2 rings (SSSR count). The van der Waals surface area contributed by atoms with Crippen molar-refractivity contribution in [1.29, 1.82) is 0 Å². The first-order valence-corrected chi connectivity index (χ1v) is 6.54. The van der Waals surface area contributed by atoms with E-state index in [4.69, 9.17) is 4.74 Å². The molecule has 1 aliphatic rings. The Morgan fingerprint density at radius 3 is 2.50 bits per heavy atom. The largest absolute Gasteiger partial charge is 0.496 e.